The molecule has 1 aromatic carbocycles. The van der Waals surface area contributed by atoms with E-state index in [4.69, 9.17) is 9.47 Å². The summed E-state index contributed by atoms with van der Waals surface area (Å²) < 4.78 is 10.6. The zero-order valence-corrected chi connectivity index (χ0v) is 10.9. The Bertz CT molecular complexity index is 414. The quantitative estimate of drug-likeness (QED) is 0.857. The van der Waals surface area contributed by atoms with Crippen molar-refractivity contribution >= 4 is 0 Å². The summed E-state index contributed by atoms with van der Waals surface area (Å²) in [5, 5.41) is 10.3. The van der Waals surface area contributed by atoms with Gasteiger partial charge in [0.1, 0.15) is 0 Å². The van der Waals surface area contributed by atoms with Gasteiger partial charge in [0.05, 0.1) is 20.3 Å². The van der Waals surface area contributed by atoms with Gasteiger partial charge in [-0.05, 0) is 41.5 Å². The van der Waals surface area contributed by atoms with Crippen LogP contribution in [0.4, 0.5) is 0 Å². The number of ether oxygens (including phenoxy) is 2. The lowest BCUT2D eigenvalue weighted by Crippen LogP contribution is -2.25. The van der Waals surface area contributed by atoms with E-state index in [0.717, 1.165) is 17.7 Å². The summed E-state index contributed by atoms with van der Waals surface area (Å²) in [6, 6.07) is 3.89. The summed E-state index contributed by atoms with van der Waals surface area (Å²) in [4.78, 5) is 0. The Morgan fingerprint density at radius 1 is 1.12 bits per heavy atom. The number of hydrogen-bond donors (Lipinski definition) is 1. The van der Waals surface area contributed by atoms with E-state index >= 15 is 0 Å². The first kappa shape index (κ1) is 12.2. The number of rotatable bonds is 2. The van der Waals surface area contributed by atoms with Crippen molar-refractivity contribution in [2.75, 3.05) is 14.2 Å². The highest BCUT2D eigenvalue weighted by atomic mass is 16.5. The van der Waals surface area contributed by atoms with Gasteiger partial charge in [0, 0.05) is 0 Å². The lowest BCUT2D eigenvalue weighted by atomic mass is 9.75. The topological polar surface area (TPSA) is 38.7 Å². The molecule has 3 heteroatoms. The molecule has 0 unspecified atom stereocenters. The standard InChI is InChI=1S/C14H20O3/c1-8-5-10-6-12(16-3)13(17-4)7-11(10)14(15)9(8)2/h6-9,14-15H,5H2,1-4H3/t8-,9-,14-/m1/s1. The molecule has 1 N–H and O–H groups in total. The molecule has 94 valence electrons. The summed E-state index contributed by atoms with van der Waals surface area (Å²) in [5.41, 5.74) is 2.15. The second-order valence-electron chi connectivity index (χ2n) is 4.89. The lowest BCUT2D eigenvalue weighted by molar-refractivity contribution is 0.0752. The van der Waals surface area contributed by atoms with Gasteiger partial charge in [0.25, 0.3) is 0 Å². The fourth-order valence-electron chi connectivity index (χ4n) is 2.52. The predicted octanol–water partition coefficient (Wildman–Crippen LogP) is 2.57. The third-order valence-corrected chi connectivity index (χ3v) is 3.90. The fraction of sp³-hybridized carbons (Fsp3) is 0.571. The van der Waals surface area contributed by atoms with Gasteiger partial charge in [0.15, 0.2) is 11.5 Å². The van der Waals surface area contributed by atoms with Crippen LogP contribution < -0.4 is 9.47 Å². The maximum Gasteiger partial charge on any atom is 0.161 e. The van der Waals surface area contributed by atoms with Crippen LogP contribution in [0.15, 0.2) is 12.1 Å². The van der Waals surface area contributed by atoms with Gasteiger partial charge in [-0.2, -0.15) is 0 Å². The molecule has 2 rings (SSSR count). The number of fused-ring (bicyclic) bond motifs is 1. The first-order valence-electron chi connectivity index (χ1n) is 6.01. The second-order valence-corrected chi connectivity index (χ2v) is 4.89. The molecule has 0 aliphatic heterocycles. The van der Waals surface area contributed by atoms with Crippen LogP contribution in [0.25, 0.3) is 0 Å². The normalized spacial score (nSPS) is 27.5. The number of aliphatic hydroxyl groups excluding tert-OH is 1. The van der Waals surface area contributed by atoms with E-state index in [2.05, 4.69) is 13.8 Å². The molecule has 0 saturated carbocycles. The molecule has 0 heterocycles. The number of aliphatic hydroxyl groups is 1. The van der Waals surface area contributed by atoms with Crippen LogP contribution in [0, 0.1) is 11.8 Å². The van der Waals surface area contributed by atoms with Gasteiger partial charge in [-0.25, -0.2) is 0 Å². The first-order valence-corrected chi connectivity index (χ1v) is 6.01. The number of hydrogen-bond acceptors (Lipinski definition) is 3. The molecule has 0 amide bonds. The van der Waals surface area contributed by atoms with Crippen molar-refractivity contribution < 1.29 is 14.6 Å². The average Bonchev–Trinajstić information content (AvgIpc) is 2.34. The van der Waals surface area contributed by atoms with Crippen molar-refractivity contribution in [2.45, 2.75) is 26.4 Å². The van der Waals surface area contributed by atoms with Gasteiger partial charge < -0.3 is 14.6 Å². The Kier molecular flexibility index (Phi) is 3.29. The summed E-state index contributed by atoms with van der Waals surface area (Å²) in [6.07, 6.45) is 0.571. The zero-order valence-electron chi connectivity index (χ0n) is 10.9. The van der Waals surface area contributed by atoms with E-state index in [1.54, 1.807) is 14.2 Å². The maximum absolute atomic E-state index is 10.3. The van der Waals surface area contributed by atoms with Crippen molar-refractivity contribution in [2.24, 2.45) is 11.8 Å². The molecular weight excluding hydrogens is 216 g/mol. The predicted molar refractivity (Wildman–Crippen MR) is 66.5 cm³/mol. The molecule has 1 aliphatic rings. The maximum atomic E-state index is 10.3. The molecule has 17 heavy (non-hydrogen) atoms. The van der Waals surface area contributed by atoms with Crippen LogP contribution in [-0.4, -0.2) is 19.3 Å². The van der Waals surface area contributed by atoms with Gasteiger partial charge in [-0.15, -0.1) is 0 Å². The minimum absolute atomic E-state index is 0.278. The second kappa shape index (κ2) is 4.57. The highest BCUT2D eigenvalue weighted by Gasteiger charge is 2.31. The molecule has 0 saturated heterocycles. The fourth-order valence-corrected chi connectivity index (χ4v) is 2.52. The molecular formula is C14H20O3. The summed E-state index contributed by atoms with van der Waals surface area (Å²) in [7, 11) is 3.25. The van der Waals surface area contributed by atoms with E-state index in [-0.39, 0.29) is 5.92 Å². The monoisotopic (exact) mass is 236 g/mol. The average molecular weight is 236 g/mol. The Hall–Kier alpha value is -1.22. The van der Waals surface area contributed by atoms with Crippen LogP contribution >= 0.6 is 0 Å². The van der Waals surface area contributed by atoms with E-state index in [1.807, 2.05) is 12.1 Å². The Morgan fingerprint density at radius 2 is 1.71 bits per heavy atom. The molecule has 3 atom stereocenters. The van der Waals surface area contributed by atoms with Gasteiger partial charge in [-0.1, -0.05) is 13.8 Å². The van der Waals surface area contributed by atoms with Crippen LogP contribution in [0.5, 0.6) is 11.5 Å². The van der Waals surface area contributed by atoms with Crippen LogP contribution in [0.3, 0.4) is 0 Å². The minimum Gasteiger partial charge on any atom is -0.493 e. The summed E-state index contributed by atoms with van der Waals surface area (Å²) >= 11 is 0. The largest absolute Gasteiger partial charge is 0.493 e. The zero-order chi connectivity index (χ0) is 12.6. The highest BCUT2D eigenvalue weighted by molar-refractivity contribution is 5.49. The van der Waals surface area contributed by atoms with Gasteiger partial charge in [-0.3, -0.25) is 0 Å². The molecule has 0 radical (unpaired) electrons. The van der Waals surface area contributed by atoms with Crippen LogP contribution in [0.2, 0.25) is 0 Å². The van der Waals surface area contributed by atoms with Crippen molar-refractivity contribution in [3.8, 4) is 11.5 Å². The molecule has 0 aromatic heterocycles. The molecule has 1 aliphatic carbocycles. The first-order chi connectivity index (χ1) is 8.08. The van der Waals surface area contributed by atoms with Gasteiger partial charge >= 0.3 is 0 Å². The van der Waals surface area contributed by atoms with Crippen molar-refractivity contribution in [1.82, 2.24) is 0 Å². The van der Waals surface area contributed by atoms with Crippen molar-refractivity contribution in [1.29, 1.82) is 0 Å². The molecule has 1 aromatic rings. The molecule has 3 nitrogen and oxygen atoms in total. The Balaban J connectivity index is 2.50. The van der Waals surface area contributed by atoms with Crippen molar-refractivity contribution in [3.63, 3.8) is 0 Å². The summed E-state index contributed by atoms with van der Waals surface area (Å²) in [5.74, 6) is 2.18. The number of benzene rings is 1. The smallest absolute Gasteiger partial charge is 0.161 e. The highest BCUT2D eigenvalue weighted by Crippen LogP contribution is 2.42. The Morgan fingerprint density at radius 3 is 2.29 bits per heavy atom. The summed E-state index contributed by atoms with van der Waals surface area (Å²) in [6.45, 7) is 4.27. The SMILES string of the molecule is COc1cc2c(cc1OC)[C@H](O)[C@H](C)[C@H](C)C2. The van der Waals surface area contributed by atoms with Crippen molar-refractivity contribution in [3.05, 3.63) is 23.3 Å². The van der Waals surface area contributed by atoms with Gasteiger partial charge in [0.2, 0.25) is 0 Å². The molecule has 0 bridgehead atoms. The van der Waals surface area contributed by atoms with E-state index in [0.29, 0.717) is 11.7 Å². The number of methoxy groups -OCH3 is 2. The third-order valence-electron chi connectivity index (χ3n) is 3.90. The Labute approximate surface area is 102 Å². The third kappa shape index (κ3) is 2.00. The molecule has 0 spiro atoms. The van der Waals surface area contributed by atoms with Crippen LogP contribution in [0.1, 0.15) is 31.1 Å². The van der Waals surface area contributed by atoms with E-state index in [1.165, 1.54) is 5.56 Å². The lowest BCUT2D eigenvalue weighted by Gasteiger charge is -2.33. The van der Waals surface area contributed by atoms with Crippen LogP contribution in [-0.2, 0) is 6.42 Å². The molecule has 0 fully saturated rings. The minimum atomic E-state index is -0.409. The van der Waals surface area contributed by atoms with E-state index in [9.17, 15) is 5.11 Å². The van der Waals surface area contributed by atoms with E-state index < -0.39 is 6.10 Å².